The molecule has 0 aromatic heterocycles. The molecule has 0 spiro atoms. The predicted octanol–water partition coefficient (Wildman–Crippen LogP) is 2.56. The zero-order chi connectivity index (χ0) is 9.97. The summed E-state index contributed by atoms with van der Waals surface area (Å²) in [5, 5.41) is 0. The van der Waals surface area contributed by atoms with Crippen molar-refractivity contribution in [2.24, 2.45) is 11.8 Å². The number of hydrogen-bond donors (Lipinski definition) is 0. The van der Waals surface area contributed by atoms with Gasteiger partial charge >= 0.3 is 0 Å². The summed E-state index contributed by atoms with van der Waals surface area (Å²) in [7, 11) is 1.69. The van der Waals surface area contributed by atoms with E-state index >= 15 is 0 Å². The fourth-order valence-electron chi connectivity index (χ4n) is 2.58. The molecule has 0 aromatic rings. The molecule has 0 heterocycles. The van der Waals surface area contributed by atoms with Crippen LogP contribution in [-0.2, 0) is 9.53 Å². The van der Waals surface area contributed by atoms with Gasteiger partial charge in [0.1, 0.15) is 6.10 Å². The fourth-order valence-corrected chi connectivity index (χ4v) is 2.58. The number of ketones is 1. The van der Waals surface area contributed by atoms with Crippen molar-refractivity contribution < 1.29 is 9.53 Å². The Bertz CT molecular complexity index is 202. The van der Waals surface area contributed by atoms with E-state index in [1.165, 1.54) is 32.1 Å². The normalized spacial score (nSPS) is 26.1. The molecule has 2 fully saturated rings. The van der Waals surface area contributed by atoms with E-state index < -0.39 is 0 Å². The quantitative estimate of drug-likeness (QED) is 0.690. The van der Waals surface area contributed by atoms with Crippen molar-refractivity contribution in [1.29, 1.82) is 0 Å². The Labute approximate surface area is 86.0 Å². The number of carbonyl (C=O) groups excluding carboxylic acids is 1. The monoisotopic (exact) mass is 196 g/mol. The number of ether oxygens (including phenoxy) is 1. The number of rotatable bonds is 4. The summed E-state index contributed by atoms with van der Waals surface area (Å²) < 4.78 is 5.40. The first-order chi connectivity index (χ1) is 6.83. The maximum absolute atomic E-state index is 11.9. The minimum atomic E-state index is -0.0807. The summed E-state index contributed by atoms with van der Waals surface area (Å²) in [4.78, 5) is 11.9. The lowest BCUT2D eigenvalue weighted by molar-refractivity contribution is -0.134. The molecule has 80 valence electrons. The number of carbonyl (C=O) groups is 1. The van der Waals surface area contributed by atoms with Gasteiger partial charge in [0, 0.05) is 13.0 Å². The predicted molar refractivity (Wildman–Crippen MR) is 55.1 cm³/mol. The largest absolute Gasteiger partial charge is 0.373 e. The van der Waals surface area contributed by atoms with Crippen molar-refractivity contribution in [1.82, 2.24) is 0 Å². The minimum Gasteiger partial charge on any atom is -0.373 e. The Morgan fingerprint density at radius 2 is 1.79 bits per heavy atom. The lowest BCUT2D eigenvalue weighted by Gasteiger charge is -2.28. The van der Waals surface area contributed by atoms with Crippen LogP contribution in [0.2, 0.25) is 0 Å². The second-order valence-electron chi connectivity index (χ2n) is 4.73. The Kier molecular flexibility index (Phi) is 3.22. The molecular formula is C12H20O2. The molecule has 0 saturated heterocycles. The van der Waals surface area contributed by atoms with Gasteiger partial charge < -0.3 is 4.74 Å². The highest BCUT2D eigenvalue weighted by Gasteiger charge is 2.38. The third kappa shape index (κ3) is 2.17. The summed E-state index contributed by atoms with van der Waals surface area (Å²) in [6.07, 6.45) is 8.41. The molecule has 14 heavy (non-hydrogen) atoms. The van der Waals surface area contributed by atoms with Gasteiger partial charge in [-0.3, -0.25) is 4.79 Å². The van der Waals surface area contributed by atoms with E-state index in [1.807, 2.05) is 0 Å². The van der Waals surface area contributed by atoms with Gasteiger partial charge in [-0.2, -0.15) is 0 Å². The zero-order valence-corrected chi connectivity index (χ0v) is 9.00. The molecule has 2 saturated carbocycles. The van der Waals surface area contributed by atoms with Gasteiger partial charge in [-0.05, 0) is 31.6 Å². The molecular weight excluding hydrogens is 176 g/mol. The van der Waals surface area contributed by atoms with Gasteiger partial charge in [0.15, 0.2) is 5.78 Å². The molecule has 0 N–H and O–H groups in total. The average Bonchev–Trinajstić information content (AvgIpc) is 3.03. The average molecular weight is 196 g/mol. The first-order valence-electron chi connectivity index (χ1n) is 5.89. The van der Waals surface area contributed by atoms with Gasteiger partial charge in [0.25, 0.3) is 0 Å². The van der Waals surface area contributed by atoms with Gasteiger partial charge in [-0.15, -0.1) is 0 Å². The van der Waals surface area contributed by atoms with Crippen LogP contribution >= 0.6 is 0 Å². The Hall–Kier alpha value is -0.370. The van der Waals surface area contributed by atoms with Crippen LogP contribution in [0, 0.1) is 11.8 Å². The molecule has 0 aromatic carbocycles. The van der Waals surface area contributed by atoms with Crippen LogP contribution in [0.4, 0.5) is 0 Å². The second-order valence-corrected chi connectivity index (χ2v) is 4.73. The van der Waals surface area contributed by atoms with E-state index in [-0.39, 0.29) is 6.10 Å². The Balaban J connectivity index is 1.92. The third-order valence-electron chi connectivity index (χ3n) is 3.59. The first kappa shape index (κ1) is 10.2. The molecule has 0 aliphatic heterocycles. The van der Waals surface area contributed by atoms with E-state index in [9.17, 15) is 4.79 Å². The molecule has 2 heteroatoms. The van der Waals surface area contributed by atoms with Crippen LogP contribution in [0.5, 0.6) is 0 Å². The van der Waals surface area contributed by atoms with Crippen molar-refractivity contribution >= 4 is 5.78 Å². The van der Waals surface area contributed by atoms with Crippen molar-refractivity contribution in [3.05, 3.63) is 0 Å². The summed E-state index contributed by atoms with van der Waals surface area (Å²) in [5.41, 5.74) is 0. The highest BCUT2D eigenvalue weighted by atomic mass is 16.5. The van der Waals surface area contributed by atoms with Gasteiger partial charge in [0.2, 0.25) is 0 Å². The molecule has 2 rings (SSSR count). The molecule has 0 radical (unpaired) electrons. The standard InChI is InChI=1S/C12H20O2/c1-14-12(11(13)9-7-8-9)10-5-3-2-4-6-10/h9-10,12H,2-8H2,1H3. The van der Waals surface area contributed by atoms with Crippen LogP contribution < -0.4 is 0 Å². The lowest BCUT2D eigenvalue weighted by Crippen LogP contribution is -2.34. The highest BCUT2D eigenvalue weighted by Crippen LogP contribution is 2.36. The van der Waals surface area contributed by atoms with Gasteiger partial charge in [-0.25, -0.2) is 0 Å². The van der Waals surface area contributed by atoms with E-state index in [0.717, 1.165) is 12.8 Å². The molecule has 1 unspecified atom stereocenters. The number of hydrogen-bond acceptors (Lipinski definition) is 2. The molecule has 2 aliphatic carbocycles. The van der Waals surface area contributed by atoms with E-state index in [2.05, 4.69) is 0 Å². The SMILES string of the molecule is COC(C(=O)C1CC1)C1CCCCC1. The summed E-state index contributed by atoms with van der Waals surface area (Å²) in [5.74, 6) is 1.25. The van der Waals surface area contributed by atoms with Crippen LogP contribution in [-0.4, -0.2) is 19.0 Å². The smallest absolute Gasteiger partial charge is 0.164 e. The Morgan fingerprint density at radius 3 is 2.29 bits per heavy atom. The van der Waals surface area contributed by atoms with Gasteiger partial charge in [-0.1, -0.05) is 19.3 Å². The maximum Gasteiger partial charge on any atom is 0.164 e. The number of Topliss-reactive ketones (excluding diaryl/α,β-unsaturated/α-hetero) is 1. The fraction of sp³-hybridized carbons (Fsp3) is 0.917. The van der Waals surface area contributed by atoms with Crippen molar-refractivity contribution in [3.8, 4) is 0 Å². The number of methoxy groups -OCH3 is 1. The third-order valence-corrected chi connectivity index (χ3v) is 3.59. The molecule has 1 atom stereocenters. The summed E-state index contributed by atoms with van der Waals surface area (Å²) in [6.45, 7) is 0. The first-order valence-corrected chi connectivity index (χ1v) is 5.89. The highest BCUT2D eigenvalue weighted by molar-refractivity contribution is 5.87. The van der Waals surface area contributed by atoms with E-state index in [4.69, 9.17) is 4.74 Å². The lowest BCUT2D eigenvalue weighted by atomic mass is 9.83. The molecule has 0 amide bonds. The zero-order valence-electron chi connectivity index (χ0n) is 9.00. The van der Waals surface area contributed by atoms with Crippen molar-refractivity contribution in [2.75, 3.05) is 7.11 Å². The van der Waals surface area contributed by atoms with E-state index in [1.54, 1.807) is 7.11 Å². The van der Waals surface area contributed by atoms with Gasteiger partial charge in [0.05, 0.1) is 0 Å². The minimum absolute atomic E-state index is 0.0807. The summed E-state index contributed by atoms with van der Waals surface area (Å²) in [6, 6.07) is 0. The molecule has 2 aliphatic rings. The summed E-state index contributed by atoms with van der Waals surface area (Å²) >= 11 is 0. The van der Waals surface area contributed by atoms with E-state index in [0.29, 0.717) is 17.6 Å². The Morgan fingerprint density at radius 1 is 1.14 bits per heavy atom. The van der Waals surface area contributed by atoms with Crippen LogP contribution in [0.25, 0.3) is 0 Å². The maximum atomic E-state index is 11.9. The second kappa shape index (κ2) is 4.43. The van der Waals surface area contributed by atoms with Crippen LogP contribution in [0.1, 0.15) is 44.9 Å². The van der Waals surface area contributed by atoms with Crippen LogP contribution in [0.15, 0.2) is 0 Å². The molecule has 0 bridgehead atoms. The van der Waals surface area contributed by atoms with Crippen molar-refractivity contribution in [2.45, 2.75) is 51.0 Å². The molecule has 2 nitrogen and oxygen atoms in total. The topological polar surface area (TPSA) is 26.3 Å². The van der Waals surface area contributed by atoms with Crippen LogP contribution in [0.3, 0.4) is 0 Å². The van der Waals surface area contributed by atoms with Crippen molar-refractivity contribution in [3.63, 3.8) is 0 Å².